The van der Waals surface area contributed by atoms with E-state index in [2.05, 4.69) is 11.8 Å². The summed E-state index contributed by atoms with van der Waals surface area (Å²) in [6.45, 7) is 5.26. The largest absolute Gasteiger partial charge is 0.481 e. The molecule has 0 radical (unpaired) electrons. The van der Waals surface area contributed by atoms with Crippen LogP contribution >= 0.6 is 0 Å². The summed E-state index contributed by atoms with van der Waals surface area (Å²) in [6, 6.07) is 0. The quantitative estimate of drug-likeness (QED) is 0.694. The van der Waals surface area contributed by atoms with Crippen molar-refractivity contribution in [2.75, 3.05) is 19.6 Å². The number of carbonyl (C=O) groups is 1. The first-order valence-electron chi connectivity index (χ1n) is 7.15. The first-order valence-corrected chi connectivity index (χ1v) is 7.15. The maximum absolute atomic E-state index is 11.3. The summed E-state index contributed by atoms with van der Waals surface area (Å²) < 4.78 is 0. The molecule has 0 amide bonds. The summed E-state index contributed by atoms with van der Waals surface area (Å²) in [7, 11) is 0. The molecule has 1 saturated heterocycles. The fraction of sp³-hybridized carbons (Fsp3) is 0.929. The minimum absolute atomic E-state index is 0.346. The van der Waals surface area contributed by atoms with Gasteiger partial charge in [-0.2, -0.15) is 0 Å². The molecule has 1 aliphatic carbocycles. The molecule has 1 N–H and O–H groups in total. The van der Waals surface area contributed by atoms with Crippen molar-refractivity contribution in [1.29, 1.82) is 0 Å². The number of carboxylic acids is 1. The van der Waals surface area contributed by atoms with E-state index < -0.39 is 5.97 Å². The molecule has 0 aromatic rings. The third-order valence-electron chi connectivity index (χ3n) is 4.54. The number of likely N-dealkylation sites (tertiary alicyclic amines) is 1. The van der Waals surface area contributed by atoms with Crippen LogP contribution in [0.4, 0.5) is 0 Å². The van der Waals surface area contributed by atoms with Gasteiger partial charge in [0.05, 0.1) is 5.41 Å². The zero-order valence-corrected chi connectivity index (χ0v) is 11.0. The van der Waals surface area contributed by atoms with Gasteiger partial charge in [-0.1, -0.05) is 32.6 Å². The van der Waals surface area contributed by atoms with Crippen LogP contribution < -0.4 is 0 Å². The predicted molar refractivity (Wildman–Crippen MR) is 68.0 cm³/mol. The number of nitrogens with zero attached hydrogens (tertiary/aromatic N) is 1. The summed E-state index contributed by atoms with van der Waals surface area (Å²) in [6.07, 6.45) is 8.51. The summed E-state index contributed by atoms with van der Waals surface area (Å²) >= 11 is 0. The van der Waals surface area contributed by atoms with Gasteiger partial charge in [-0.3, -0.25) is 4.79 Å². The molecule has 2 atom stereocenters. The van der Waals surface area contributed by atoms with Crippen molar-refractivity contribution >= 4 is 5.97 Å². The second kappa shape index (κ2) is 5.38. The summed E-state index contributed by atoms with van der Waals surface area (Å²) in [4.78, 5) is 13.6. The molecule has 0 bridgehead atoms. The number of hydrogen-bond donors (Lipinski definition) is 1. The van der Waals surface area contributed by atoms with E-state index in [-0.39, 0.29) is 5.41 Å². The van der Waals surface area contributed by atoms with Gasteiger partial charge in [-0.05, 0) is 38.3 Å². The molecule has 2 unspecified atom stereocenters. The van der Waals surface area contributed by atoms with E-state index in [9.17, 15) is 9.90 Å². The van der Waals surface area contributed by atoms with Gasteiger partial charge >= 0.3 is 5.97 Å². The van der Waals surface area contributed by atoms with Crippen LogP contribution in [0.3, 0.4) is 0 Å². The van der Waals surface area contributed by atoms with Crippen molar-refractivity contribution < 1.29 is 9.90 Å². The second-order valence-electron chi connectivity index (χ2n) is 5.84. The van der Waals surface area contributed by atoms with Crippen LogP contribution in [0.25, 0.3) is 0 Å². The highest BCUT2D eigenvalue weighted by molar-refractivity contribution is 5.79. The first-order chi connectivity index (χ1) is 8.19. The fourth-order valence-corrected chi connectivity index (χ4v) is 3.23. The Balaban J connectivity index is 1.67. The number of hydrogen-bond acceptors (Lipinski definition) is 2. The van der Waals surface area contributed by atoms with Crippen LogP contribution in [-0.2, 0) is 4.79 Å². The van der Waals surface area contributed by atoms with Crippen LogP contribution in [0.2, 0.25) is 0 Å². The standard InChI is InChI=1S/C14H25NO2/c1-2-3-4-5-6-8-15-9-7-12-10-14(12,11-15)13(16)17/h12H,2-11H2,1H3,(H,16,17). The first kappa shape index (κ1) is 12.9. The number of rotatable bonds is 7. The average molecular weight is 239 g/mol. The maximum Gasteiger partial charge on any atom is 0.311 e. The normalized spacial score (nSPS) is 32.2. The molecule has 98 valence electrons. The molecule has 0 spiro atoms. The van der Waals surface area contributed by atoms with E-state index in [1.54, 1.807) is 0 Å². The molecule has 3 heteroatoms. The van der Waals surface area contributed by atoms with E-state index in [0.717, 1.165) is 32.5 Å². The van der Waals surface area contributed by atoms with Crippen molar-refractivity contribution in [3.63, 3.8) is 0 Å². The number of aliphatic carboxylic acids is 1. The van der Waals surface area contributed by atoms with Gasteiger partial charge in [0.2, 0.25) is 0 Å². The monoisotopic (exact) mass is 239 g/mol. The molecule has 2 rings (SSSR count). The van der Waals surface area contributed by atoms with Gasteiger partial charge in [-0.25, -0.2) is 0 Å². The Labute approximate surface area is 104 Å². The minimum atomic E-state index is -0.557. The molecule has 2 fully saturated rings. The number of fused-ring (bicyclic) bond motifs is 1. The molecule has 1 saturated carbocycles. The lowest BCUT2D eigenvalue weighted by Gasteiger charge is -2.30. The smallest absolute Gasteiger partial charge is 0.311 e. The van der Waals surface area contributed by atoms with Crippen LogP contribution in [0.15, 0.2) is 0 Å². The molecule has 1 aliphatic heterocycles. The zero-order chi connectivity index (χ0) is 12.3. The van der Waals surface area contributed by atoms with Gasteiger partial charge in [0.15, 0.2) is 0 Å². The summed E-state index contributed by atoms with van der Waals surface area (Å²) in [5.74, 6) is -0.0745. The number of unbranched alkanes of at least 4 members (excludes halogenated alkanes) is 4. The Morgan fingerprint density at radius 1 is 1.35 bits per heavy atom. The molecule has 17 heavy (non-hydrogen) atoms. The van der Waals surface area contributed by atoms with Crippen LogP contribution in [0, 0.1) is 11.3 Å². The molecular weight excluding hydrogens is 214 g/mol. The molecule has 2 aliphatic rings. The van der Waals surface area contributed by atoms with Gasteiger partial charge in [-0.15, -0.1) is 0 Å². The second-order valence-corrected chi connectivity index (χ2v) is 5.84. The van der Waals surface area contributed by atoms with Gasteiger partial charge < -0.3 is 10.0 Å². The highest BCUT2D eigenvalue weighted by atomic mass is 16.4. The minimum Gasteiger partial charge on any atom is -0.481 e. The maximum atomic E-state index is 11.3. The third kappa shape index (κ3) is 2.82. The van der Waals surface area contributed by atoms with Crippen LogP contribution in [-0.4, -0.2) is 35.6 Å². The van der Waals surface area contributed by atoms with Gasteiger partial charge in [0.25, 0.3) is 0 Å². The zero-order valence-electron chi connectivity index (χ0n) is 11.0. The Kier molecular flexibility index (Phi) is 4.08. The van der Waals surface area contributed by atoms with Crippen LogP contribution in [0.5, 0.6) is 0 Å². The Morgan fingerprint density at radius 3 is 2.82 bits per heavy atom. The molecule has 3 nitrogen and oxygen atoms in total. The highest BCUT2D eigenvalue weighted by Gasteiger charge is 2.62. The Bertz CT molecular complexity index is 279. The summed E-state index contributed by atoms with van der Waals surface area (Å²) in [5, 5.41) is 9.27. The van der Waals surface area contributed by atoms with E-state index >= 15 is 0 Å². The lowest BCUT2D eigenvalue weighted by Crippen LogP contribution is -2.40. The summed E-state index contributed by atoms with van der Waals surface area (Å²) in [5.41, 5.74) is -0.346. The van der Waals surface area contributed by atoms with E-state index in [4.69, 9.17) is 0 Å². The van der Waals surface area contributed by atoms with Crippen LogP contribution in [0.1, 0.15) is 51.9 Å². The van der Waals surface area contributed by atoms with Crippen molar-refractivity contribution in [2.24, 2.45) is 11.3 Å². The number of carboxylic acid groups (broad SMARTS) is 1. The van der Waals surface area contributed by atoms with E-state index in [0.29, 0.717) is 5.92 Å². The van der Waals surface area contributed by atoms with Crippen molar-refractivity contribution in [2.45, 2.75) is 51.9 Å². The van der Waals surface area contributed by atoms with E-state index in [1.165, 1.54) is 32.1 Å². The SMILES string of the molecule is CCCCCCCN1CCC2CC2(C(=O)O)C1. The van der Waals surface area contributed by atoms with Crippen molar-refractivity contribution in [1.82, 2.24) is 4.90 Å². The average Bonchev–Trinajstić information content (AvgIpc) is 3.04. The highest BCUT2D eigenvalue weighted by Crippen LogP contribution is 2.57. The van der Waals surface area contributed by atoms with Gasteiger partial charge in [0.1, 0.15) is 0 Å². The molecular formula is C14H25NO2. The predicted octanol–water partition coefficient (Wildman–Crippen LogP) is 2.75. The lowest BCUT2D eigenvalue weighted by molar-refractivity contribution is -0.145. The Hall–Kier alpha value is -0.570. The molecule has 1 heterocycles. The van der Waals surface area contributed by atoms with Crippen molar-refractivity contribution in [3.05, 3.63) is 0 Å². The number of piperidine rings is 1. The van der Waals surface area contributed by atoms with Crippen molar-refractivity contribution in [3.8, 4) is 0 Å². The van der Waals surface area contributed by atoms with Gasteiger partial charge in [0, 0.05) is 6.54 Å². The Morgan fingerprint density at radius 2 is 2.12 bits per heavy atom. The third-order valence-corrected chi connectivity index (χ3v) is 4.54. The molecule has 0 aromatic heterocycles. The molecule has 0 aromatic carbocycles. The lowest BCUT2D eigenvalue weighted by atomic mass is 9.97. The topological polar surface area (TPSA) is 40.5 Å². The van der Waals surface area contributed by atoms with E-state index in [1.807, 2.05) is 0 Å². The fourth-order valence-electron chi connectivity index (χ4n) is 3.23.